The summed E-state index contributed by atoms with van der Waals surface area (Å²) in [6, 6.07) is 10.5. The molecule has 1 fully saturated rings. The van der Waals surface area contributed by atoms with Crippen LogP contribution in [0.15, 0.2) is 30.3 Å². The van der Waals surface area contributed by atoms with E-state index >= 15 is 0 Å². The Morgan fingerprint density at radius 3 is 2.88 bits per heavy atom. The van der Waals surface area contributed by atoms with Crippen molar-refractivity contribution in [3.63, 3.8) is 0 Å². The highest BCUT2D eigenvalue weighted by Crippen LogP contribution is 2.15. The third-order valence-corrected chi connectivity index (χ3v) is 3.32. The highest BCUT2D eigenvalue weighted by Gasteiger charge is 2.20. The van der Waals surface area contributed by atoms with Crippen LogP contribution in [0.3, 0.4) is 0 Å². The SMILES string of the molecule is CC1CCNCC1OCCc1ccccc1. The van der Waals surface area contributed by atoms with E-state index in [-0.39, 0.29) is 0 Å². The van der Waals surface area contributed by atoms with Gasteiger partial charge < -0.3 is 10.1 Å². The van der Waals surface area contributed by atoms with Crippen molar-refractivity contribution in [1.29, 1.82) is 0 Å². The van der Waals surface area contributed by atoms with Crippen molar-refractivity contribution < 1.29 is 4.74 Å². The van der Waals surface area contributed by atoms with Crippen LogP contribution in [0, 0.1) is 5.92 Å². The second-order valence-corrected chi connectivity index (χ2v) is 4.61. The first-order chi connectivity index (χ1) is 7.86. The van der Waals surface area contributed by atoms with Gasteiger partial charge in [-0.2, -0.15) is 0 Å². The monoisotopic (exact) mass is 219 g/mol. The molecular weight excluding hydrogens is 198 g/mol. The molecule has 0 bridgehead atoms. The fourth-order valence-corrected chi connectivity index (χ4v) is 2.16. The van der Waals surface area contributed by atoms with Crippen LogP contribution in [0.4, 0.5) is 0 Å². The summed E-state index contributed by atoms with van der Waals surface area (Å²) in [5.74, 6) is 0.692. The van der Waals surface area contributed by atoms with E-state index < -0.39 is 0 Å². The smallest absolute Gasteiger partial charge is 0.0725 e. The van der Waals surface area contributed by atoms with Crippen LogP contribution in [-0.2, 0) is 11.2 Å². The maximum Gasteiger partial charge on any atom is 0.0725 e. The molecule has 0 spiro atoms. The highest BCUT2D eigenvalue weighted by molar-refractivity contribution is 5.14. The normalized spacial score (nSPS) is 25.6. The molecule has 0 saturated carbocycles. The number of hydrogen-bond acceptors (Lipinski definition) is 2. The summed E-state index contributed by atoms with van der Waals surface area (Å²) >= 11 is 0. The summed E-state index contributed by atoms with van der Waals surface area (Å²) in [7, 11) is 0. The highest BCUT2D eigenvalue weighted by atomic mass is 16.5. The Morgan fingerprint density at radius 1 is 1.31 bits per heavy atom. The average molecular weight is 219 g/mol. The van der Waals surface area contributed by atoms with Gasteiger partial charge in [-0.05, 0) is 30.9 Å². The van der Waals surface area contributed by atoms with Gasteiger partial charge in [0.2, 0.25) is 0 Å². The lowest BCUT2D eigenvalue weighted by molar-refractivity contribution is 0.00576. The summed E-state index contributed by atoms with van der Waals surface area (Å²) in [6.07, 6.45) is 2.65. The zero-order valence-corrected chi connectivity index (χ0v) is 9.99. The second-order valence-electron chi connectivity index (χ2n) is 4.61. The Balaban J connectivity index is 1.71. The van der Waals surface area contributed by atoms with Crippen molar-refractivity contribution in [3.05, 3.63) is 35.9 Å². The molecule has 1 aromatic rings. The number of ether oxygens (including phenoxy) is 1. The number of nitrogens with one attached hydrogen (secondary N) is 1. The third kappa shape index (κ3) is 3.32. The lowest BCUT2D eigenvalue weighted by atomic mass is 9.97. The van der Waals surface area contributed by atoms with E-state index in [1.54, 1.807) is 0 Å². The maximum absolute atomic E-state index is 5.94. The van der Waals surface area contributed by atoms with E-state index in [0.717, 1.165) is 26.1 Å². The van der Waals surface area contributed by atoms with Crippen molar-refractivity contribution in [2.24, 2.45) is 5.92 Å². The molecule has 2 rings (SSSR count). The molecule has 1 aliphatic rings. The predicted molar refractivity (Wildman–Crippen MR) is 66.5 cm³/mol. The van der Waals surface area contributed by atoms with E-state index in [4.69, 9.17) is 4.74 Å². The van der Waals surface area contributed by atoms with Crippen LogP contribution in [0.5, 0.6) is 0 Å². The molecule has 0 amide bonds. The Labute approximate surface area is 98.0 Å². The van der Waals surface area contributed by atoms with Gasteiger partial charge in [0.05, 0.1) is 12.7 Å². The molecule has 16 heavy (non-hydrogen) atoms. The van der Waals surface area contributed by atoms with Crippen LogP contribution in [-0.4, -0.2) is 25.8 Å². The molecule has 2 nitrogen and oxygen atoms in total. The summed E-state index contributed by atoms with van der Waals surface area (Å²) in [6.45, 7) is 5.27. The minimum atomic E-state index is 0.400. The molecule has 1 heterocycles. The van der Waals surface area contributed by atoms with Crippen molar-refractivity contribution in [2.45, 2.75) is 25.9 Å². The van der Waals surface area contributed by atoms with E-state index in [2.05, 4.69) is 42.6 Å². The minimum Gasteiger partial charge on any atom is -0.376 e. The maximum atomic E-state index is 5.94. The molecule has 2 heteroatoms. The first-order valence-electron chi connectivity index (χ1n) is 6.22. The summed E-state index contributed by atoms with van der Waals surface area (Å²) in [5, 5.41) is 3.39. The lowest BCUT2D eigenvalue weighted by Gasteiger charge is -2.29. The molecule has 1 saturated heterocycles. The third-order valence-electron chi connectivity index (χ3n) is 3.32. The molecule has 1 aliphatic heterocycles. The molecule has 0 radical (unpaired) electrons. The second kappa shape index (κ2) is 6.02. The first kappa shape index (κ1) is 11.6. The number of hydrogen-bond donors (Lipinski definition) is 1. The summed E-state index contributed by atoms with van der Waals surface area (Å²) in [5.41, 5.74) is 1.36. The van der Waals surface area contributed by atoms with E-state index in [1.165, 1.54) is 12.0 Å². The number of rotatable bonds is 4. The van der Waals surface area contributed by atoms with Gasteiger partial charge in [-0.3, -0.25) is 0 Å². The standard InChI is InChI=1S/C14H21NO/c1-12-7-9-15-11-14(12)16-10-8-13-5-3-2-4-6-13/h2-6,12,14-15H,7-11H2,1H3. The Kier molecular flexibility index (Phi) is 4.37. The van der Waals surface area contributed by atoms with Crippen molar-refractivity contribution in [3.8, 4) is 0 Å². The quantitative estimate of drug-likeness (QED) is 0.838. The molecule has 88 valence electrons. The van der Waals surface area contributed by atoms with Gasteiger partial charge in [0.15, 0.2) is 0 Å². The van der Waals surface area contributed by atoms with Gasteiger partial charge in [-0.15, -0.1) is 0 Å². The van der Waals surface area contributed by atoms with Gasteiger partial charge in [-0.25, -0.2) is 0 Å². The molecule has 1 N–H and O–H groups in total. The number of piperidine rings is 1. The Hall–Kier alpha value is -0.860. The average Bonchev–Trinajstić information content (AvgIpc) is 2.33. The Bertz CT molecular complexity index is 299. The van der Waals surface area contributed by atoms with Gasteiger partial charge in [-0.1, -0.05) is 37.3 Å². The van der Waals surface area contributed by atoms with Crippen molar-refractivity contribution in [1.82, 2.24) is 5.32 Å². The Morgan fingerprint density at radius 2 is 2.12 bits per heavy atom. The van der Waals surface area contributed by atoms with Gasteiger partial charge in [0.25, 0.3) is 0 Å². The first-order valence-corrected chi connectivity index (χ1v) is 6.22. The molecular formula is C14H21NO. The minimum absolute atomic E-state index is 0.400. The van der Waals surface area contributed by atoms with Crippen LogP contribution >= 0.6 is 0 Å². The fraction of sp³-hybridized carbons (Fsp3) is 0.571. The zero-order chi connectivity index (χ0) is 11.2. The van der Waals surface area contributed by atoms with Crippen LogP contribution in [0.2, 0.25) is 0 Å². The molecule has 1 aromatic carbocycles. The lowest BCUT2D eigenvalue weighted by Crippen LogP contribution is -2.41. The van der Waals surface area contributed by atoms with Gasteiger partial charge in [0, 0.05) is 6.54 Å². The van der Waals surface area contributed by atoms with Crippen molar-refractivity contribution in [2.75, 3.05) is 19.7 Å². The summed E-state index contributed by atoms with van der Waals surface area (Å²) in [4.78, 5) is 0. The topological polar surface area (TPSA) is 21.3 Å². The zero-order valence-electron chi connectivity index (χ0n) is 9.99. The van der Waals surface area contributed by atoms with E-state index in [9.17, 15) is 0 Å². The van der Waals surface area contributed by atoms with Crippen molar-refractivity contribution >= 4 is 0 Å². The number of benzene rings is 1. The molecule has 2 atom stereocenters. The van der Waals surface area contributed by atoms with Gasteiger partial charge in [0.1, 0.15) is 0 Å². The van der Waals surface area contributed by atoms with E-state index in [1.807, 2.05) is 0 Å². The summed E-state index contributed by atoms with van der Waals surface area (Å²) < 4.78 is 5.94. The largest absolute Gasteiger partial charge is 0.376 e. The predicted octanol–water partition coefficient (Wildman–Crippen LogP) is 2.24. The molecule has 2 unspecified atom stereocenters. The van der Waals surface area contributed by atoms with Crippen LogP contribution in [0.1, 0.15) is 18.9 Å². The molecule has 0 aliphatic carbocycles. The molecule has 0 aromatic heterocycles. The fourth-order valence-electron chi connectivity index (χ4n) is 2.16. The van der Waals surface area contributed by atoms with Gasteiger partial charge >= 0.3 is 0 Å². The van der Waals surface area contributed by atoms with Crippen LogP contribution < -0.4 is 5.32 Å². The van der Waals surface area contributed by atoms with Crippen LogP contribution in [0.25, 0.3) is 0 Å². The van der Waals surface area contributed by atoms with E-state index in [0.29, 0.717) is 12.0 Å².